The monoisotopic (exact) mass is 454 g/mol. The standard InChI is InChI=1S/C29H42N2.ClH/c1-20(2)23-16-26(21(3)4)29(27(17-23)22(5)6)28-15-11-14-25-18-30(19-31(25)28)24-12-9-7-8-10-13-24;/h11,14-18,20-22,24H,7-10,12-13,19H2,1-6H3;1H. The van der Waals surface area contributed by atoms with E-state index >= 15 is 0 Å². The molecule has 2 nitrogen and oxygen atoms in total. The minimum atomic E-state index is 0. The number of quaternary nitrogens is 1. The minimum absolute atomic E-state index is 0. The summed E-state index contributed by atoms with van der Waals surface area (Å²) in [6.45, 7) is 15.2. The molecule has 1 N–H and O–H groups in total. The lowest BCUT2D eigenvalue weighted by Gasteiger charge is -2.31. The zero-order valence-electron chi connectivity index (χ0n) is 21.0. The average molecular weight is 455 g/mol. The van der Waals surface area contributed by atoms with Crippen molar-refractivity contribution in [2.24, 2.45) is 0 Å². The van der Waals surface area contributed by atoms with Gasteiger partial charge in [-0.2, -0.15) is 0 Å². The van der Waals surface area contributed by atoms with Crippen molar-refractivity contribution in [3.63, 3.8) is 0 Å². The first-order valence-corrected chi connectivity index (χ1v) is 12.8. The molecule has 1 fully saturated rings. The first-order valence-electron chi connectivity index (χ1n) is 12.8. The summed E-state index contributed by atoms with van der Waals surface area (Å²) in [7, 11) is 0. The zero-order chi connectivity index (χ0) is 22.1. The van der Waals surface area contributed by atoms with Gasteiger partial charge in [0, 0.05) is 5.56 Å². The van der Waals surface area contributed by atoms with Gasteiger partial charge in [-0.15, -0.1) is 0 Å². The third-order valence-corrected chi connectivity index (χ3v) is 7.57. The van der Waals surface area contributed by atoms with Crippen LogP contribution in [0.1, 0.15) is 120 Å². The highest BCUT2D eigenvalue weighted by Crippen LogP contribution is 2.40. The summed E-state index contributed by atoms with van der Waals surface area (Å²) in [5.74, 6) is 1.58. The maximum Gasteiger partial charge on any atom is 0.162 e. The Morgan fingerprint density at radius 1 is 0.844 bits per heavy atom. The first kappa shape index (κ1) is 25.1. The van der Waals surface area contributed by atoms with Crippen molar-refractivity contribution in [3.8, 4) is 0 Å². The number of benzene rings is 1. The number of hydrogen-bond donors (Lipinski definition) is 1. The summed E-state index contributed by atoms with van der Waals surface area (Å²) < 4.78 is 0. The smallest absolute Gasteiger partial charge is 0.162 e. The molecule has 0 saturated heterocycles. The predicted octanol–water partition coefficient (Wildman–Crippen LogP) is 3.69. The van der Waals surface area contributed by atoms with E-state index in [0.29, 0.717) is 17.8 Å². The van der Waals surface area contributed by atoms with Crippen molar-refractivity contribution >= 4 is 5.70 Å². The third-order valence-electron chi connectivity index (χ3n) is 7.57. The summed E-state index contributed by atoms with van der Waals surface area (Å²) in [6, 6.07) is 5.77. The molecule has 3 heteroatoms. The highest BCUT2D eigenvalue weighted by Gasteiger charge is 2.35. The molecule has 4 rings (SSSR count). The average Bonchev–Trinajstić information content (AvgIpc) is 2.99. The van der Waals surface area contributed by atoms with E-state index in [4.69, 9.17) is 0 Å². The van der Waals surface area contributed by atoms with E-state index in [1.165, 1.54) is 72.2 Å². The van der Waals surface area contributed by atoms with Gasteiger partial charge in [-0.05, 0) is 72.3 Å². The Morgan fingerprint density at radius 3 is 1.97 bits per heavy atom. The normalized spacial score (nSPS) is 21.5. The van der Waals surface area contributed by atoms with Gasteiger partial charge in [-0.25, -0.2) is 0 Å². The fraction of sp³-hybridized carbons (Fsp3) is 0.586. The van der Waals surface area contributed by atoms with Crippen LogP contribution in [0.15, 0.2) is 42.3 Å². The minimum Gasteiger partial charge on any atom is -1.00 e. The molecule has 1 saturated carbocycles. The van der Waals surface area contributed by atoms with Gasteiger partial charge in [0.25, 0.3) is 0 Å². The molecular formula is C29H43ClN2. The maximum atomic E-state index is 2.61. The number of hydrogen-bond acceptors (Lipinski definition) is 1. The number of halogens is 1. The molecular weight excluding hydrogens is 412 g/mol. The van der Waals surface area contributed by atoms with Crippen molar-refractivity contribution in [3.05, 3.63) is 64.5 Å². The number of fused-ring (bicyclic) bond motifs is 1. The molecule has 1 atom stereocenters. The molecule has 0 spiro atoms. The maximum absolute atomic E-state index is 2.61. The summed E-state index contributed by atoms with van der Waals surface area (Å²) in [4.78, 5) is 4.29. The van der Waals surface area contributed by atoms with Gasteiger partial charge < -0.3 is 12.4 Å². The fourth-order valence-corrected chi connectivity index (χ4v) is 5.64. The summed E-state index contributed by atoms with van der Waals surface area (Å²) in [5.41, 5.74) is 8.81. The Balaban J connectivity index is 0.00000289. The highest BCUT2D eigenvalue weighted by molar-refractivity contribution is 5.75. The summed E-state index contributed by atoms with van der Waals surface area (Å²) in [5, 5.41) is 0. The van der Waals surface area contributed by atoms with Crippen LogP contribution in [0.4, 0.5) is 0 Å². The SMILES string of the molecule is CC(C)c1cc(C(C)C)c(C2=CC=CC3=C[NH+](C4CCCCCC4)CN32)c(C(C)C)c1.[Cl-]. The van der Waals surface area contributed by atoms with Crippen LogP contribution in [0.25, 0.3) is 5.70 Å². The van der Waals surface area contributed by atoms with Crippen LogP contribution >= 0.6 is 0 Å². The van der Waals surface area contributed by atoms with E-state index in [9.17, 15) is 0 Å². The second-order valence-corrected chi connectivity index (χ2v) is 10.9. The number of allylic oxidation sites excluding steroid dienone is 3. The van der Waals surface area contributed by atoms with Crippen molar-refractivity contribution in [2.75, 3.05) is 6.67 Å². The topological polar surface area (TPSA) is 7.68 Å². The van der Waals surface area contributed by atoms with Crippen LogP contribution in [0.3, 0.4) is 0 Å². The van der Waals surface area contributed by atoms with E-state index in [2.05, 4.69) is 83.0 Å². The molecule has 2 aliphatic heterocycles. The van der Waals surface area contributed by atoms with Gasteiger partial charge >= 0.3 is 0 Å². The third kappa shape index (κ3) is 5.02. The molecule has 32 heavy (non-hydrogen) atoms. The van der Waals surface area contributed by atoms with Gasteiger partial charge in [0.1, 0.15) is 6.20 Å². The van der Waals surface area contributed by atoms with E-state index < -0.39 is 0 Å². The number of rotatable bonds is 5. The molecule has 0 amide bonds. The van der Waals surface area contributed by atoms with Crippen LogP contribution in [0.5, 0.6) is 0 Å². The van der Waals surface area contributed by atoms with Crippen molar-refractivity contribution in [1.29, 1.82) is 0 Å². The van der Waals surface area contributed by atoms with E-state index in [-0.39, 0.29) is 12.4 Å². The largest absolute Gasteiger partial charge is 1.00 e. The Kier molecular flexibility index (Phi) is 8.33. The van der Waals surface area contributed by atoms with E-state index in [0.717, 1.165) is 12.7 Å². The summed E-state index contributed by atoms with van der Waals surface area (Å²) in [6.07, 6.45) is 17.9. The number of nitrogens with zero attached hydrogens (tertiary/aromatic N) is 1. The van der Waals surface area contributed by atoms with Crippen LogP contribution in [-0.2, 0) is 0 Å². The van der Waals surface area contributed by atoms with Crippen molar-refractivity contribution in [2.45, 2.75) is 104 Å². The lowest BCUT2D eigenvalue weighted by molar-refractivity contribution is -0.876. The van der Waals surface area contributed by atoms with Crippen LogP contribution < -0.4 is 17.3 Å². The number of nitrogens with one attached hydrogen (secondary N) is 1. The lowest BCUT2D eigenvalue weighted by atomic mass is 9.82. The first-order chi connectivity index (χ1) is 14.9. The van der Waals surface area contributed by atoms with Gasteiger partial charge in [-0.3, -0.25) is 9.80 Å². The Morgan fingerprint density at radius 2 is 1.44 bits per heavy atom. The van der Waals surface area contributed by atoms with E-state index in [1.807, 2.05) is 0 Å². The van der Waals surface area contributed by atoms with Crippen molar-refractivity contribution in [1.82, 2.24) is 4.90 Å². The molecule has 1 aromatic rings. The molecule has 3 aliphatic rings. The molecule has 0 aromatic heterocycles. The molecule has 1 aromatic carbocycles. The molecule has 0 radical (unpaired) electrons. The van der Waals surface area contributed by atoms with Gasteiger partial charge in [-0.1, -0.05) is 72.6 Å². The Bertz CT molecular complexity index is 853. The highest BCUT2D eigenvalue weighted by atomic mass is 35.5. The molecule has 1 unspecified atom stereocenters. The Hall–Kier alpha value is -1.51. The zero-order valence-corrected chi connectivity index (χ0v) is 21.8. The molecule has 1 aliphatic carbocycles. The predicted molar refractivity (Wildman–Crippen MR) is 133 cm³/mol. The lowest BCUT2D eigenvalue weighted by Crippen LogP contribution is -3.11. The van der Waals surface area contributed by atoms with Crippen LogP contribution in [0.2, 0.25) is 0 Å². The Labute approximate surface area is 202 Å². The quantitative estimate of drug-likeness (QED) is 0.666. The summed E-state index contributed by atoms with van der Waals surface area (Å²) >= 11 is 0. The van der Waals surface area contributed by atoms with Crippen LogP contribution in [0, 0.1) is 0 Å². The molecule has 0 bridgehead atoms. The second-order valence-electron chi connectivity index (χ2n) is 10.9. The van der Waals surface area contributed by atoms with Crippen molar-refractivity contribution < 1.29 is 17.3 Å². The van der Waals surface area contributed by atoms with Gasteiger partial charge in [0.15, 0.2) is 6.67 Å². The van der Waals surface area contributed by atoms with Gasteiger partial charge in [0.05, 0.1) is 17.4 Å². The second kappa shape index (κ2) is 10.6. The fourth-order valence-electron chi connectivity index (χ4n) is 5.64. The van der Waals surface area contributed by atoms with Crippen LogP contribution in [-0.4, -0.2) is 17.6 Å². The van der Waals surface area contributed by atoms with Gasteiger partial charge in [0.2, 0.25) is 0 Å². The molecule has 2 heterocycles. The molecule has 176 valence electrons. The van der Waals surface area contributed by atoms with E-state index in [1.54, 1.807) is 4.90 Å².